The van der Waals surface area contributed by atoms with E-state index in [0.717, 1.165) is 0 Å². The topological polar surface area (TPSA) is 78.9 Å². The standard InChI is InChI=1S/C12H22N2O4/c1-8(2)11(12(16)17)13-6-10(15)14-4-5-18-9(3)7-14/h8-9,11,13H,4-7H2,1-3H3,(H,16,17). The van der Waals surface area contributed by atoms with Gasteiger partial charge in [-0.2, -0.15) is 0 Å². The molecule has 18 heavy (non-hydrogen) atoms. The average molecular weight is 258 g/mol. The first kappa shape index (κ1) is 14.9. The van der Waals surface area contributed by atoms with Crippen LogP contribution in [0.4, 0.5) is 0 Å². The van der Waals surface area contributed by atoms with E-state index in [4.69, 9.17) is 9.84 Å². The quantitative estimate of drug-likeness (QED) is 0.722. The summed E-state index contributed by atoms with van der Waals surface area (Å²) < 4.78 is 5.35. The van der Waals surface area contributed by atoms with Crippen molar-refractivity contribution in [1.82, 2.24) is 10.2 Å². The normalized spacial score (nSPS) is 22.0. The fraction of sp³-hybridized carbons (Fsp3) is 0.833. The summed E-state index contributed by atoms with van der Waals surface area (Å²) in [4.78, 5) is 24.6. The maximum Gasteiger partial charge on any atom is 0.320 e. The van der Waals surface area contributed by atoms with Gasteiger partial charge in [0.05, 0.1) is 19.3 Å². The van der Waals surface area contributed by atoms with Gasteiger partial charge in [0, 0.05) is 13.1 Å². The van der Waals surface area contributed by atoms with E-state index >= 15 is 0 Å². The number of ether oxygens (including phenoxy) is 1. The number of hydrogen-bond donors (Lipinski definition) is 2. The van der Waals surface area contributed by atoms with Crippen LogP contribution >= 0.6 is 0 Å². The second-order valence-electron chi connectivity index (χ2n) is 4.96. The third-order valence-corrected chi connectivity index (χ3v) is 3.00. The number of amides is 1. The molecule has 104 valence electrons. The van der Waals surface area contributed by atoms with Crippen molar-refractivity contribution in [2.45, 2.75) is 32.9 Å². The SMILES string of the molecule is CC1CN(C(=O)CNC(C(=O)O)C(C)C)CCO1. The lowest BCUT2D eigenvalue weighted by molar-refractivity contribution is -0.141. The van der Waals surface area contributed by atoms with E-state index in [9.17, 15) is 9.59 Å². The molecule has 0 saturated carbocycles. The molecule has 1 rings (SSSR count). The van der Waals surface area contributed by atoms with Gasteiger partial charge >= 0.3 is 5.97 Å². The van der Waals surface area contributed by atoms with Gasteiger partial charge in [-0.15, -0.1) is 0 Å². The van der Waals surface area contributed by atoms with Crippen LogP contribution in [0.3, 0.4) is 0 Å². The second kappa shape index (κ2) is 6.70. The fourth-order valence-corrected chi connectivity index (χ4v) is 1.96. The van der Waals surface area contributed by atoms with E-state index in [1.807, 2.05) is 20.8 Å². The van der Waals surface area contributed by atoms with E-state index in [1.165, 1.54) is 0 Å². The van der Waals surface area contributed by atoms with Crippen LogP contribution in [0.5, 0.6) is 0 Å². The molecule has 2 atom stereocenters. The number of morpholine rings is 1. The van der Waals surface area contributed by atoms with Crippen molar-refractivity contribution in [2.24, 2.45) is 5.92 Å². The Labute approximate surface area is 107 Å². The molecule has 1 fully saturated rings. The van der Waals surface area contributed by atoms with E-state index in [-0.39, 0.29) is 24.5 Å². The minimum Gasteiger partial charge on any atom is -0.480 e. The zero-order chi connectivity index (χ0) is 13.7. The monoisotopic (exact) mass is 258 g/mol. The van der Waals surface area contributed by atoms with E-state index in [2.05, 4.69) is 5.32 Å². The van der Waals surface area contributed by atoms with Crippen molar-refractivity contribution in [2.75, 3.05) is 26.2 Å². The van der Waals surface area contributed by atoms with E-state index in [1.54, 1.807) is 4.90 Å². The number of rotatable bonds is 5. The number of nitrogens with zero attached hydrogens (tertiary/aromatic N) is 1. The van der Waals surface area contributed by atoms with E-state index < -0.39 is 12.0 Å². The molecule has 0 aromatic heterocycles. The van der Waals surface area contributed by atoms with Crippen LogP contribution in [0, 0.1) is 5.92 Å². The van der Waals surface area contributed by atoms with Crippen LogP contribution < -0.4 is 5.32 Å². The molecule has 2 N–H and O–H groups in total. The van der Waals surface area contributed by atoms with Gasteiger partial charge in [-0.1, -0.05) is 13.8 Å². The van der Waals surface area contributed by atoms with Gasteiger partial charge in [0.1, 0.15) is 6.04 Å². The third-order valence-electron chi connectivity index (χ3n) is 3.00. The molecule has 6 nitrogen and oxygen atoms in total. The summed E-state index contributed by atoms with van der Waals surface area (Å²) in [6.45, 7) is 7.28. The van der Waals surface area contributed by atoms with Gasteiger partial charge < -0.3 is 14.7 Å². The van der Waals surface area contributed by atoms with Gasteiger partial charge in [0.25, 0.3) is 0 Å². The first-order valence-corrected chi connectivity index (χ1v) is 6.27. The molecule has 1 aliphatic rings. The summed E-state index contributed by atoms with van der Waals surface area (Å²) in [5.74, 6) is -1.05. The Morgan fingerprint density at radius 3 is 2.67 bits per heavy atom. The molecule has 1 saturated heterocycles. The Hall–Kier alpha value is -1.14. The highest BCUT2D eigenvalue weighted by atomic mass is 16.5. The average Bonchev–Trinajstić information content (AvgIpc) is 2.28. The summed E-state index contributed by atoms with van der Waals surface area (Å²) >= 11 is 0. The Bertz CT molecular complexity index is 306. The summed E-state index contributed by atoms with van der Waals surface area (Å²) in [6, 6.07) is -0.688. The Morgan fingerprint density at radius 2 is 2.17 bits per heavy atom. The molecular weight excluding hydrogens is 236 g/mol. The third kappa shape index (κ3) is 4.27. The summed E-state index contributed by atoms with van der Waals surface area (Å²) in [5.41, 5.74) is 0. The highest BCUT2D eigenvalue weighted by molar-refractivity contribution is 5.80. The molecule has 1 aliphatic heterocycles. The van der Waals surface area contributed by atoms with Crippen LogP contribution in [0.15, 0.2) is 0 Å². The van der Waals surface area contributed by atoms with Gasteiger partial charge in [0.2, 0.25) is 5.91 Å². The second-order valence-corrected chi connectivity index (χ2v) is 4.96. The lowest BCUT2D eigenvalue weighted by Crippen LogP contribution is -2.50. The Morgan fingerprint density at radius 1 is 1.50 bits per heavy atom. The zero-order valence-electron chi connectivity index (χ0n) is 11.2. The first-order chi connectivity index (χ1) is 8.41. The molecule has 2 unspecified atom stereocenters. The van der Waals surface area contributed by atoms with Crippen LogP contribution in [0.2, 0.25) is 0 Å². The maximum absolute atomic E-state index is 11.9. The largest absolute Gasteiger partial charge is 0.480 e. The summed E-state index contributed by atoms with van der Waals surface area (Å²) in [7, 11) is 0. The van der Waals surface area contributed by atoms with E-state index in [0.29, 0.717) is 19.7 Å². The van der Waals surface area contributed by atoms with Crippen LogP contribution in [-0.2, 0) is 14.3 Å². The minimum atomic E-state index is -0.923. The van der Waals surface area contributed by atoms with Crippen molar-refractivity contribution < 1.29 is 19.4 Å². The van der Waals surface area contributed by atoms with Crippen molar-refractivity contribution >= 4 is 11.9 Å². The van der Waals surface area contributed by atoms with Crippen LogP contribution in [0.1, 0.15) is 20.8 Å². The molecule has 0 spiro atoms. The smallest absolute Gasteiger partial charge is 0.320 e. The molecular formula is C12H22N2O4. The molecule has 1 amide bonds. The van der Waals surface area contributed by atoms with Crippen molar-refractivity contribution in [3.63, 3.8) is 0 Å². The Balaban J connectivity index is 2.42. The van der Waals surface area contributed by atoms with Crippen molar-refractivity contribution in [3.05, 3.63) is 0 Å². The number of carbonyl (C=O) groups is 2. The number of carbonyl (C=O) groups excluding carboxylic acids is 1. The van der Waals surface area contributed by atoms with Gasteiger partial charge in [-0.05, 0) is 12.8 Å². The number of carboxylic acid groups (broad SMARTS) is 1. The van der Waals surface area contributed by atoms with Gasteiger partial charge in [0.15, 0.2) is 0 Å². The molecule has 0 aromatic carbocycles. The predicted molar refractivity (Wildman–Crippen MR) is 66.3 cm³/mol. The number of nitrogens with one attached hydrogen (secondary N) is 1. The highest BCUT2D eigenvalue weighted by Gasteiger charge is 2.25. The number of hydrogen-bond acceptors (Lipinski definition) is 4. The summed E-state index contributed by atoms with van der Waals surface area (Å²) in [6.07, 6.45) is 0.0445. The van der Waals surface area contributed by atoms with Gasteiger partial charge in [-0.3, -0.25) is 14.9 Å². The van der Waals surface area contributed by atoms with Crippen molar-refractivity contribution in [1.29, 1.82) is 0 Å². The predicted octanol–water partition coefficient (Wildman–Crippen LogP) is -0.0675. The zero-order valence-corrected chi connectivity index (χ0v) is 11.2. The molecule has 0 aromatic rings. The number of carboxylic acids is 1. The van der Waals surface area contributed by atoms with Crippen molar-refractivity contribution in [3.8, 4) is 0 Å². The van der Waals surface area contributed by atoms with Crippen LogP contribution in [-0.4, -0.2) is 60.3 Å². The molecule has 0 radical (unpaired) electrons. The highest BCUT2D eigenvalue weighted by Crippen LogP contribution is 2.05. The lowest BCUT2D eigenvalue weighted by atomic mass is 10.1. The minimum absolute atomic E-state index is 0.0445. The summed E-state index contributed by atoms with van der Waals surface area (Å²) in [5, 5.41) is 11.8. The Kier molecular flexibility index (Phi) is 5.55. The molecule has 1 heterocycles. The van der Waals surface area contributed by atoms with Gasteiger partial charge in [-0.25, -0.2) is 0 Å². The molecule has 0 bridgehead atoms. The first-order valence-electron chi connectivity index (χ1n) is 6.27. The fourth-order valence-electron chi connectivity index (χ4n) is 1.96. The maximum atomic E-state index is 11.9. The molecule has 6 heteroatoms. The molecule has 0 aliphatic carbocycles. The lowest BCUT2D eigenvalue weighted by Gasteiger charge is -2.31. The van der Waals surface area contributed by atoms with Crippen LogP contribution in [0.25, 0.3) is 0 Å². The number of aliphatic carboxylic acids is 1.